The second-order valence-corrected chi connectivity index (χ2v) is 5.60. The van der Waals surface area contributed by atoms with Crippen LogP contribution in [0.1, 0.15) is 33.6 Å². The van der Waals surface area contributed by atoms with E-state index in [0.717, 1.165) is 6.42 Å². The standard InChI is InChI=1S/C15H22N2O5/c1-4-10-12(14(19)21-5-2)11(17-15(20)16-10)7-22-13(18)9-6-8(9)3/h8-10H,4-7H2,1-3H3,(H2,16,17,20)/t8-,9+,10-/m0/s1. The molecular formula is C15H22N2O5. The quantitative estimate of drug-likeness (QED) is 0.716. The van der Waals surface area contributed by atoms with Gasteiger partial charge in [-0.1, -0.05) is 13.8 Å². The van der Waals surface area contributed by atoms with E-state index in [9.17, 15) is 14.4 Å². The molecule has 0 aromatic rings. The summed E-state index contributed by atoms with van der Waals surface area (Å²) in [7, 11) is 0. The van der Waals surface area contributed by atoms with Gasteiger partial charge < -0.3 is 20.1 Å². The zero-order valence-electron chi connectivity index (χ0n) is 13.1. The fraction of sp³-hybridized carbons (Fsp3) is 0.667. The third-order valence-corrected chi connectivity index (χ3v) is 3.92. The first-order valence-electron chi connectivity index (χ1n) is 7.62. The second kappa shape index (κ2) is 6.81. The van der Waals surface area contributed by atoms with Crippen LogP contribution >= 0.6 is 0 Å². The van der Waals surface area contributed by atoms with Crippen LogP contribution in [0.4, 0.5) is 4.79 Å². The zero-order valence-corrected chi connectivity index (χ0v) is 13.1. The van der Waals surface area contributed by atoms with E-state index in [1.165, 1.54) is 0 Å². The number of esters is 2. The van der Waals surface area contributed by atoms with Crippen LogP contribution in [0.25, 0.3) is 0 Å². The Labute approximate surface area is 129 Å². The maximum Gasteiger partial charge on any atom is 0.338 e. The minimum atomic E-state index is -0.507. The molecule has 2 N–H and O–H groups in total. The van der Waals surface area contributed by atoms with E-state index in [2.05, 4.69) is 10.6 Å². The number of nitrogens with one attached hydrogen (secondary N) is 2. The number of rotatable bonds is 6. The second-order valence-electron chi connectivity index (χ2n) is 5.60. The summed E-state index contributed by atoms with van der Waals surface area (Å²) < 4.78 is 10.3. The van der Waals surface area contributed by atoms with E-state index < -0.39 is 18.0 Å². The van der Waals surface area contributed by atoms with Gasteiger partial charge in [0.25, 0.3) is 0 Å². The Morgan fingerprint density at radius 1 is 1.27 bits per heavy atom. The Morgan fingerprint density at radius 2 is 1.95 bits per heavy atom. The molecule has 7 heteroatoms. The van der Waals surface area contributed by atoms with Gasteiger partial charge in [0.1, 0.15) is 6.61 Å². The number of hydrogen-bond donors (Lipinski definition) is 2. The molecule has 0 spiro atoms. The molecule has 2 rings (SSSR count). The third-order valence-electron chi connectivity index (χ3n) is 3.92. The Balaban J connectivity index is 2.13. The van der Waals surface area contributed by atoms with Crippen molar-refractivity contribution < 1.29 is 23.9 Å². The molecule has 0 bridgehead atoms. The van der Waals surface area contributed by atoms with Crippen molar-refractivity contribution in [3.63, 3.8) is 0 Å². The Kier molecular flexibility index (Phi) is 5.05. The largest absolute Gasteiger partial charge is 0.463 e. The van der Waals surface area contributed by atoms with Gasteiger partial charge in [-0.25, -0.2) is 9.59 Å². The van der Waals surface area contributed by atoms with E-state index >= 15 is 0 Å². The third kappa shape index (κ3) is 3.58. The van der Waals surface area contributed by atoms with Crippen molar-refractivity contribution in [2.45, 2.75) is 39.7 Å². The van der Waals surface area contributed by atoms with Crippen molar-refractivity contribution in [1.82, 2.24) is 10.6 Å². The molecule has 1 heterocycles. The molecular weight excluding hydrogens is 288 g/mol. The minimum Gasteiger partial charge on any atom is -0.463 e. The highest BCUT2D eigenvalue weighted by Gasteiger charge is 2.41. The van der Waals surface area contributed by atoms with Crippen LogP contribution in [0.15, 0.2) is 11.3 Å². The lowest BCUT2D eigenvalue weighted by Gasteiger charge is -2.28. The van der Waals surface area contributed by atoms with E-state index in [1.54, 1.807) is 6.92 Å². The molecule has 0 aromatic heterocycles. The summed E-state index contributed by atoms with van der Waals surface area (Å²) in [6.07, 6.45) is 1.37. The van der Waals surface area contributed by atoms with Crippen LogP contribution < -0.4 is 10.6 Å². The van der Waals surface area contributed by atoms with Gasteiger partial charge >= 0.3 is 18.0 Å². The smallest absolute Gasteiger partial charge is 0.338 e. The minimum absolute atomic E-state index is 0.0639. The Morgan fingerprint density at radius 3 is 2.50 bits per heavy atom. The maximum absolute atomic E-state index is 12.1. The molecule has 0 unspecified atom stereocenters. The molecule has 0 saturated heterocycles. The summed E-state index contributed by atoms with van der Waals surface area (Å²) >= 11 is 0. The average molecular weight is 310 g/mol. The number of amides is 2. The summed E-state index contributed by atoms with van der Waals surface area (Å²) in [5.41, 5.74) is 0.622. The summed E-state index contributed by atoms with van der Waals surface area (Å²) in [4.78, 5) is 35.6. The Hall–Kier alpha value is -2.05. The molecule has 2 aliphatic rings. The monoisotopic (exact) mass is 310 g/mol. The van der Waals surface area contributed by atoms with Gasteiger partial charge in [-0.15, -0.1) is 0 Å². The predicted octanol–water partition coefficient (Wildman–Crippen LogP) is 1.09. The molecule has 22 heavy (non-hydrogen) atoms. The summed E-state index contributed by atoms with van der Waals surface area (Å²) in [5.74, 6) is -0.514. The van der Waals surface area contributed by atoms with E-state index in [0.29, 0.717) is 23.6 Å². The van der Waals surface area contributed by atoms with Gasteiger partial charge in [-0.3, -0.25) is 4.79 Å². The molecule has 1 saturated carbocycles. The SMILES string of the molecule is CCOC(=O)C1=C(COC(=O)[C@@H]2C[C@@H]2C)NC(=O)N[C@H]1CC. The highest BCUT2D eigenvalue weighted by molar-refractivity contribution is 5.94. The predicted molar refractivity (Wildman–Crippen MR) is 77.6 cm³/mol. The fourth-order valence-corrected chi connectivity index (χ4v) is 2.48. The van der Waals surface area contributed by atoms with E-state index in [1.807, 2.05) is 13.8 Å². The van der Waals surface area contributed by atoms with Crippen LogP contribution in [0.3, 0.4) is 0 Å². The van der Waals surface area contributed by atoms with Crippen LogP contribution in [0, 0.1) is 11.8 Å². The van der Waals surface area contributed by atoms with Crippen LogP contribution in [-0.2, 0) is 19.1 Å². The van der Waals surface area contributed by atoms with Crippen LogP contribution in [0.5, 0.6) is 0 Å². The topological polar surface area (TPSA) is 93.7 Å². The zero-order chi connectivity index (χ0) is 16.3. The number of urea groups is 1. The molecule has 3 atom stereocenters. The lowest BCUT2D eigenvalue weighted by atomic mass is 10.0. The van der Waals surface area contributed by atoms with Gasteiger partial charge in [-0.05, 0) is 25.7 Å². The summed E-state index contributed by atoms with van der Waals surface area (Å²) in [5, 5.41) is 5.21. The van der Waals surface area contributed by atoms with Crippen LogP contribution in [-0.4, -0.2) is 37.2 Å². The molecule has 7 nitrogen and oxygen atoms in total. The van der Waals surface area contributed by atoms with E-state index in [4.69, 9.17) is 9.47 Å². The van der Waals surface area contributed by atoms with Crippen molar-refractivity contribution in [2.24, 2.45) is 11.8 Å². The van der Waals surface area contributed by atoms with Crippen molar-refractivity contribution in [1.29, 1.82) is 0 Å². The first-order valence-corrected chi connectivity index (χ1v) is 7.62. The highest BCUT2D eigenvalue weighted by atomic mass is 16.5. The lowest BCUT2D eigenvalue weighted by molar-refractivity contribution is -0.145. The molecule has 2 amide bonds. The van der Waals surface area contributed by atoms with Crippen molar-refractivity contribution >= 4 is 18.0 Å². The van der Waals surface area contributed by atoms with Gasteiger partial charge in [0.15, 0.2) is 0 Å². The first-order chi connectivity index (χ1) is 10.5. The van der Waals surface area contributed by atoms with Gasteiger partial charge in [-0.2, -0.15) is 0 Å². The fourth-order valence-electron chi connectivity index (χ4n) is 2.48. The molecule has 1 aliphatic carbocycles. The number of carbonyl (C=O) groups excluding carboxylic acids is 3. The molecule has 122 valence electrons. The number of hydrogen-bond acceptors (Lipinski definition) is 5. The first kappa shape index (κ1) is 16.3. The van der Waals surface area contributed by atoms with Crippen molar-refractivity contribution in [3.8, 4) is 0 Å². The maximum atomic E-state index is 12.1. The summed E-state index contributed by atoms with van der Waals surface area (Å²) in [6, 6.07) is -0.855. The lowest BCUT2D eigenvalue weighted by Crippen LogP contribution is -2.51. The molecule has 0 aromatic carbocycles. The van der Waals surface area contributed by atoms with Gasteiger partial charge in [0.2, 0.25) is 0 Å². The molecule has 1 aliphatic heterocycles. The average Bonchev–Trinajstić information content (AvgIpc) is 3.21. The van der Waals surface area contributed by atoms with Gasteiger partial charge in [0, 0.05) is 0 Å². The van der Waals surface area contributed by atoms with Crippen LogP contribution in [0.2, 0.25) is 0 Å². The van der Waals surface area contributed by atoms with E-state index in [-0.39, 0.29) is 25.1 Å². The summed E-state index contributed by atoms with van der Waals surface area (Å²) in [6.45, 7) is 5.65. The highest BCUT2D eigenvalue weighted by Crippen LogP contribution is 2.38. The van der Waals surface area contributed by atoms with Gasteiger partial charge in [0.05, 0.1) is 29.8 Å². The number of ether oxygens (including phenoxy) is 2. The van der Waals surface area contributed by atoms with Crippen molar-refractivity contribution in [2.75, 3.05) is 13.2 Å². The number of carbonyl (C=O) groups is 3. The van der Waals surface area contributed by atoms with Crippen molar-refractivity contribution in [3.05, 3.63) is 11.3 Å². The Bertz CT molecular complexity index is 514. The molecule has 1 fully saturated rings. The molecule has 0 radical (unpaired) electrons. The normalized spacial score (nSPS) is 26.9.